The van der Waals surface area contributed by atoms with Gasteiger partial charge in [0.1, 0.15) is 0 Å². The monoisotopic (exact) mass is 255 g/mol. The lowest BCUT2D eigenvalue weighted by Crippen LogP contribution is -2.38. The van der Waals surface area contributed by atoms with Gasteiger partial charge >= 0.3 is 0 Å². The number of allylic oxidation sites excluding steroid dienone is 1. The Morgan fingerprint density at radius 3 is 2.79 bits per heavy atom. The lowest BCUT2D eigenvalue weighted by atomic mass is 9.78. The number of nitrogens with zero attached hydrogens (tertiary/aromatic N) is 1. The van der Waals surface area contributed by atoms with Crippen molar-refractivity contribution in [3.05, 3.63) is 47.0 Å². The average molecular weight is 255 g/mol. The fourth-order valence-corrected chi connectivity index (χ4v) is 3.41. The summed E-state index contributed by atoms with van der Waals surface area (Å²) in [4.78, 5) is 14.3. The Bertz CT molecular complexity index is 503. The van der Waals surface area contributed by atoms with Gasteiger partial charge in [0.2, 0.25) is 0 Å². The highest BCUT2D eigenvalue weighted by Gasteiger charge is 2.30. The molecule has 0 N–H and O–H groups in total. The molecule has 1 aromatic carbocycles. The van der Waals surface area contributed by atoms with Crippen LogP contribution in [0, 0.1) is 5.92 Å². The van der Waals surface area contributed by atoms with Crippen LogP contribution < -0.4 is 0 Å². The SMILES string of the molecule is CC1=C2CCN(Cc3ccccc3)C[C@H]2CCC1=O. The quantitative estimate of drug-likeness (QED) is 0.809. The first-order chi connectivity index (χ1) is 9.24. The average Bonchev–Trinajstić information content (AvgIpc) is 2.44. The van der Waals surface area contributed by atoms with Gasteiger partial charge in [0.15, 0.2) is 5.78 Å². The minimum atomic E-state index is 0.378. The Labute approximate surface area is 115 Å². The summed E-state index contributed by atoms with van der Waals surface area (Å²) >= 11 is 0. The highest BCUT2D eigenvalue weighted by Crippen LogP contribution is 2.34. The molecule has 0 amide bonds. The number of rotatable bonds is 2. The molecular formula is C17H21NO. The van der Waals surface area contributed by atoms with Crippen molar-refractivity contribution in [2.24, 2.45) is 5.92 Å². The van der Waals surface area contributed by atoms with Crippen LogP contribution in [0.4, 0.5) is 0 Å². The van der Waals surface area contributed by atoms with E-state index in [4.69, 9.17) is 0 Å². The molecule has 19 heavy (non-hydrogen) atoms. The number of carbonyl (C=O) groups is 1. The largest absolute Gasteiger partial charge is 0.298 e. The maximum Gasteiger partial charge on any atom is 0.158 e. The van der Waals surface area contributed by atoms with E-state index < -0.39 is 0 Å². The molecule has 100 valence electrons. The van der Waals surface area contributed by atoms with Crippen LogP contribution in [0.3, 0.4) is 0 Å². The van der Waals surface area contributed by atoms with Gasteiger partial charge in [0.25, 0.3) is 0 Å². The summed E-state index contributed by atoms with van der Waals surface area (Å²) in [5.41, 5.74) is 3.90. The van der Waals surface area contributed by atoms with Crippen molar-refractivity contribution in [3.63, 3.8) is 0 Å². The van der Waals surface area contributed by atoms with E-state index in [1.165, 1.54) is 11.1 Å². The number of piperidine rings is 1. The lowest BCUT2D eigenvalue weighted by molar-refractivity contribution is -0.116. The third kappa shape index (κ3) is 2.64. The van der Waals surface area contributed by atoms with Gasteiger partial charge < -0.3 is 0 Å². The van der Waals surface area contributed by atoms with Crippen molar-refractivity contribution in [2.75, 3.05) is 13.1 Å². The Balaban J connectivity index is 1.69. The first-order valence-corrected chi connectivity index (χ1v) is 7.23. The summed E-state index contributed by atoms with van der Waals surface area (Å²) < 4.78 is 0. The number of ketones is 1. The maximum atomic E-state index is 11.8. The fourth-order valence-electron chi connectivity index (χ4n) is 3.41. The molecule has 1 saturated heterocycles. The third-order valence-corrected chi connectivity index (χ3v) is 4.54. The number of hydrogen-bond donors (Lipinski definition) is 0. The zero-order valence-corrected chi connectivity index (χ0v) is 11.6. The molecule has 0 saturated carbocycles. The van der Waals surface area contributed by atoms with Crippen LogP contribution in [0.25, 0.3) is 0 Å². The van der Waals surface area contributed by atoms with Crippen LogP contribution in [0.2, 0.25) is 0 Å². The summed E-state index contributed by atoms with van der Waals surface area (Å²) in [5.74, 6) is 0.998. The number of Topliss-reactive ketones (excluding diaryl/α,β-unsaturated/α-hetero) is 1. The summed E-state index contributed by atoms with van der Waals surface area (Å²) in [6, 6.07) is 10.7. The van der Waals surface area contributed by atoms with Gasteiger partial charge in [-0.3, -0.25) is 9.69 Å². The molecule has 0 spiro atoms. The Morgan fingerprint density at radius 1 is 1.21 bits per heavy atom. The molecule has 1 fully saturated rings. The van der Waals surface area contributed by atoms with Gasteiger partial charge in [0, 0.05) is 26.1 Å². The van der Waals surface area contributed by atoms with Crippen LogP contribution in [0.5, 0.6) is 0 Å². The van der Waals surface area contributed by atoms with Crippen molar-refractivity contribution < 1.29 is 4.79 Å². The molecule has 0 radical (unpaired) electrons. The summed E-state index contributed by atoms with van der Waals surface area (Å²) in [6.45, 7) is 5.27. The minimum Gasteiger partial charge on any atom is -0.298 e. The number of benzene rings is 1. The molecular weight excluding hydrogens is 234 g/mol. The maximum absolute atomic E-state index is 11.8. The Hall–Kier alpha value is -1.41. The molecule has 2 heteroatoms. The van der Waals surface area contributed by atoms with Crippen LogP contribution in [0.15, 0.2) is 41.5 Å². The van der Waals surface area contributed by atoms with Crippen molar-refractivity contribution in [3.8, 4) is 0 Å². The summed E-state index contributed by atoms with van der Waals surface area (Å²) in [7, 11) is 0. The van der Waals surface area contributed by atoms with Gasteiger partial charge in [-0.05, 0) is 36.8 Å². The van der Waals surface area contributed by atoms with Crippen molar-refractivity contribution >= 4 is 5.78 Å². The third-order valence-electron chi connectivity index (χ3n) is 4.54. The predicted octanol–water partition coefficient (Wildman–Crippen LogP) is 3.19. The summed E-state index contributed by atoms with van der Waals surface area (Å²) in [6.07, 6.45) is 2.88. The summed E-state index contributed by atoms with van der Waals surface area (Å²) in [5, 5.41) is 0. The molecule has 3 rings (SSSR count). The van der Waals surface area contributed by atoms with E-state index in [-0.39, 0.29) is 0 Å². The van der Waals surface area contributed by atoms with E-state index in [9.17, 15) is 4.79 Å². The van der Waals surface area contributed by atoms with E-state index in [0.29, 0.717) is 11.7 Å². The second kappa shape index (κ2) is 5.30. The minimum absolute atomic E-state index is 0.378. The second-order valence-corrected chi connectivity index (χ2v) is 5.78. The van der Waals surface area contributed by atoms with E-state index in [1.807, 2.05) is 6.92 Å². The van der Waals surface area contributed by atoms with Crippen molar-refractivity contribution in [1.29, 1.82) is 0 Å². The molecule has 0 aromatic heterocycles. The molecule has 1 atom stereocenters. The van der Waals surface area contributed by atoms with Gasteiger partial charge in [-0.15, -0.1) is 0 Å². The van der Waals surface area contributed by atoms with Crippen molar-refractivity contribution in [1.82, 2.24) is 4.90 Å². The number of hydrogen-bond acceptors (Lipinski definition) is 2. The smallest absolute Gasteiger partial charge is 0.158 e. The van der Waals surface area contributed by atoms with Crippen molar-refractivity contribution in [2.45, 2.75) is 32.7 Å². The molecule has 2 nitrogen and oxygen atoms in total. The van der Waals surface area contributed by atoms with Gasteiger partial charge in [-0.2, -0.15) is 0 Å². The highest BCUT2D eigenvalue weighted by atomic mass is 16.1. The standard InChI is InChI=1S/C17H21NO/c1-13-16-9-10-18(11-14-5-3-2-4-6-14)12-15(16)7-8-17(13)19/h2-6,15H,7-12H2,1H3/t15-/m1/s1. The molecule has 2 aliphatic rings. The topological polar surface area (TPSA) is 20.3 Å². The number of carbonyl (C=O) groups excluding carboxylic acids is 1. The van der Waals surface area contributed by atoms with Crippen LogP contribution in [-0.4, -0.2) is 23.8 Å². The zero-order valence-electron chi connectivity index (χ0n) is 11.6. The normalized spacial score (nSPS) is 24.5. The van der Waals surface area contributed by atoms with Crippen LogP contribution in [-0.2, 0) is 11.3 Å². The van der Waals surface area contributed by atoms with E-state index in [0.717, 1.165) is 44.5 Å². The highest BCUT2D eigenvalue weighted by molar-refractivity contribution is 5.96. The second-order valence-electron chi connectivity index (χ2n) is 5.78. The van der Waals surface area contributed by atoms with Gasteiger partial charge in [0.05, 0.1) is 0 Å². The van der Waals surface area contributed by atoms with Gasteiger partial charge in [-0.25, -0.2) is 0 Å². The Morgan fingerprint density at radius 2 is 2.00 bits per heavy atom. The molecule has 1 aliphatic carbocycles. The van der Waals surface area contributed by atoms with Gasteiger partial charge in [-0.1, -0.05) is 35.9 Å². The van der Waals surface area contributed by atoms with Crippen LogP contribution in [0.1, 0.15) is 31.7 Å². The first kappa shape index (κ1) is 12.6. The molecule has 0 unspecified atom stereocenters. The van der Waals surface area contributed by atoms with E-state index in [1.54, 1.807) is 0 Å². The zero-order chi connectivity index (χ0) is 13.2. The molecule has 1 heterocycles. The Kier molecular flexibility index (Phi) is 3.52. The fraction of sp³-hybridized carbons (Fsp3) is 0.471. The molecule has 1 aliphatic heterocycles. The van der Waals surface area contributed by atoms with E-state index in [2.05, 4.69) is 35.2 Å². The number of likely N-dealkylation sites (tertiary alicyclic amines) is 1. The molecule has 1 aromatic rings. The molecule has 0 bridgehead atoms. The predicted molar refractivity (Wildman–Crippen MR) is 76.8 cm³/mol. The first-order valence-electron chi connectivity index (χ1n) is 7.23. The van der Waals surface area contributed by atoms with Crippen LogP contribution >= 0.6 is 0 Å². The number of fused-ring (bicyclic) bond motifs is 1. The lowest BCUT2D eigenvalue weighted by Gasteiger charge is -2.37. The van der Waals surface area contributed by atoms with E-state index >= 15 is 0 Å².